The number of nitrogens with one attached hydrogen (secondary N) is 2. The number of thioether (sulfide) groups is 1. The number of aryl methyl sites for hydroxylation is 2. The molecule has 0 aliphatic heterocycles. The van der Waals surface area contributed by atoms with Gasteiger partial charge in [0.05, 0.1) is 7.11 Å². The Morgan fingerprint density at radius 2 is 1.86 bits per heavy atom. The maximum Gasteiger partial charge on any atom is 0.251 e. The molecule has 2 aromatic rings. The average Bonchev–Trinajstić information content (AvgIpc) is 3.18. The molecule has 1 atom stereocenters. The van der Waals surface area contributed by atoms with Crippen LogP contribution in [0.3, 0.4) is 0 Å². The molecular weight excluding hydrogens is 372 g/mol. The highest BCUT2D eigenvalue weighted by Crippen LogP contribution is 2.25. The van der Waals surface area contributed by atoms with Gasteiger partial charge in [-0.2, -0.15) is 11.8 Å². The molecule has 0 unspecified atom stereocenters. The second-order valence-corrected chi connectivity index (χ2v) is 7.85. The molecule has 0 bridgehead atoms. The lowest BCUT2D eigenvalue weighted by Crippen LogP contribution is -2.44. The van der Waals surface area contributed by atoms with Crippen molar-refractivity contribution < 1.29 is 14.3 Å². The molecule has 0 heterocycles. The van der Waals surface area contributed by atoms with Crippen molar-refractivity contribution in [3.8, 4) is 5.75 Å². The predicted molar refractivity (Wildman–Crippen MR) is 114 cm³/mol. The molecule has 1 aliphatic rings. The number of hydrogen-bond donors (Lipinski definition) is 2. The Balaban J connectivity index is 1.67. The van der Waals surface area contributed by atoms with Gasteiger partial charge in [0.15, 0.2) is 0 Å². The maximum atomic E-state index is 12.8. The molecule has 1 aliphatic carbocycles. The van der Waals surface area contributed by atoms with Gasteiger partial charge in [-0.25, -0.2) is 0 Å². The van der Waals surface area contributed by atoms with Gasteiger partial charge in [0.1, 0.15) is 11.8 Å². The first-order valence-electron chi connectivity index (χ1n) is 9.47. The third kappa shape index (κ3) is 5.07. The molecule has 3 rings (SSSR count). The van der Waals surface area contributed by atoms with Gasteiger partial charge in [-0.3, -0.25) is 9.59 Å². The molecule has 0 radical (unpaired) electrons. The van der Waals surface area contributed by atoms with Crippen LogP contribution in [0.25, 0.3) is 0 Å². The summed E-state index contributed by atoms with van der Waals surface area (Å²) in [5, 5.41) is 5.85. The van der Waals surface area contributed by atoms with Crippen LogP contribution in [0.1, 0.15) is 34.3 Å². The number of amides is 2. The van der Waals surface area contributed by atoms with Crippen LogP contribution in [0.5, 0.6) is 5.75 Å². The van der Waals surface area contributed by atoms with Crippen molar-refractivity contribution >= 4 is 29.3 Å². The van der Waals surface area contributed by atoms with Gasteiger partial charge in [0.2, 0.25) is 5.91 Å². The number of benzene rings is 2. The van der Waals surface area contributed by atoms with Gasteiger partial charge in [0, 0.05) is 11.3 Å². The fraction of sp³-hybridized carbons (Fsp3) is 0.364. The van der Waals surface area contributed by atoms with Gasteiger partial charge in [-0.05, 0) is 85.2 Å². The van der Waals surface area contributed by atoms with Crippen LogP contribution in [-0.2, 0) is 17.6 Å². The van der Waals surface area contributed by atoms with E-state index in [0.29, 0.717) is 17.7 Å². The van der Waals surface area contributed by atoms with E-state index in [1.807, 2.05) is 12.3 Å². The summed E-state index contributed by atoms with van der Waals surface area (Å²) in [5.74, 6) is 1.02. The average molecular weight is 399 g/mol. The van der Waals surface area contributed by atoms with E-state index >= 15 is 0 Å². The van der Waals surface area contributed by atoms with Crippen LogP contribution < -0.4 is 15.4 Å². The maximum absolute atomic E-state index is 12.8. The molecule has 0 aromatic heterocycles. The van der Waals surface area contributed by atoms with E-state index in [9.17, 15) is 9.59 Å². The molecule has 6 heteroatoms. The molecule has 0 spiro atoms. The predicted octanol–water partition coefficient (Wildman–Crippen LogP) is 3.67. The van der Waals surface area contributed by atoms with Crippen molar-refractivity contribution in [3.63, 3.8) is 0 Å². The molecule has 0 saturated heterocycles. The lowest BCUT2D eigenvalue weighted by atomic mass is 10.1. The summed E-state index contributed by atoms with van der Waals surface area (Å²) in [6, 6.07) is 12.3. The standard InChI is InChI=1S/C22H26N2O3S/c1-27-19-10-7-16(8-11-19)21(25)24-20(12-13-28-2)22(26)23-18-9-6-15-4-3-5-17(15)14-18/h6-11,14,20H,3-5,12-13H2,1-2H3,(H,23,26)(H,24,25)/t20-/m0/s1. The molecule has 28 heavy (non-hydrogen) atoms. The Kier molecular flexibility index (Phi) is 6.98. The van der Waals surface area contributed by atoms with Gasteiger partial charge in [0.25, 0.3) is 5.91 Å². The normalized spacial score (nSPS) is 13.5. The number of carbonyl (C=O) groups excluding carboxylic acids is 2. The summed E-state index contributed by atoms with van der Waals surface area (Å²) in [6.07, 6.45) is 5.89. The topological polar surface area (TPSA) is 67.4 Å². The quantitative estimate of drug-likeness (QED) is 0.712. The van der Waals surface area contributed by atoms with Crippen molar-refractivity contribution in [2.24, 2.45) is 0 Å². The van der Waals surface area contributed by atoms with Crippen LogP contribution in [0, 0.1) is 0 Å². The number of carbonyl (C=O) groups is 2. The molecule has 0 saturated carbocycles. The minimum Gasteiger partial charge on any atom is -0.497 e. The highest BCUT2D eigenvalue weighted by molar-refractivity contribution is 7.98. The Morgan fingerprint density at radius 3 is 2.57 bits per heavy atom. The lowest BCUT2D eigenvalue weighted by Gasteiger charge is -2.19. The molecule has 2 N–H and O–H groups in total. The first-order chi connectivity index (χ1) is 13.6. The third-order valence-corrected chi connectivity index (χ3v) is 5.59. The zero-order valence-corrected chi connectivity index (χ0v) is 17.1. The van der Waals surface area contributed by atoms with Crippen molar-refractivity contribution in [1.29, 1.82) is 0 Å². The van der Waals surface area contributed by atoms with Crippen LogP contribution in [0.2, 0.25) is 0 Å². The van der Waals surface area contributed by atoms with Crippen LogP contribution >= 0.6 is 11.8 Å². The lowest BCUT2D eigenvalue weighted by molar-refractivity contribution is -0.118. The van der Waals surface area contributed by atoms with Gasteiger partial charge >= 0.3 is 0 Å². The smallest absolute Gasteiger partial charge is 0.251 e. The minimum absolute atomic E-state index is 0.186. The fourth-order valence-corrected chi connectivity index (χ4v) is 3.84. The number of fused-ring (bicyclic) bond motifs is 1. The highest BCUT2D eigenvalue weighted by Gasteiger charge is 2.22. The van der Waals surface area contributed by atoms with Gasteiger partial charge in [-0.1, -0.05) is 6.07 Å². The number of methoxy groups -OCH3 is 1. The Morgan fingerprint density at radius 1 is 1.11 bits per heavy atom. The first-order valence-corrected chi connectivity index (χ1v) is 10.9. The largest absolute Gasteiger partial charge is 0.497 e. The van der Waals surface area contributed by atoms with Gasteiger partial charge < -0.3 is 15.4 Å². The number of anilines is 1. The minimum atomic E-state index is -0.588. The van der Waals surface area contributed by atoms with Crippen molar-refractivity contribution in [2.75, 3.05) is 24.4 Å². The van der Waals surface area contributed by atoms with Crippen LogP contribution in [0.4, 0.5) is 5.69 Å². The Labute approximate surface area is 170 Å². The van der Waals surface area contributed by atoms with E-state index in [2.05, 4.69) is 22.8 Å². The summed E-state index contributed by atoms with van der Waals surface area (Å²) in [7, 11) is 1.58. The van der Waals surface area contributed by atoms with E-state index in [4.69, 9.17) is 4.74 Å². The van der Waals surface area contributed by atoms with E-state index in [0.717, 1.165) is 24.3 Å². The van der Waals surface area contributed by atoms with E-state index in [1.54, 1.807) is 43.1 Å². The fourth-order valence-electron chi connectivity index (χ4n) is 3.37. The molecule has 5 nitrogen and oxygen atoms in total. The zero-order chi connectivity index (χ0) is 19.9. The summed E-state index contributed by atoms with van der Waals surface area (Å²) >= 11 is 1.65. The molecule has 2 amide bonds. The summed E-state index contributed by atoms with van der Waals surface area (Å²) < 4.78 is 5.12. The summed E-state index contributed by atoms with van der Waals surface area (Å²) in [5.41, 5.74) is 3.96. The van der Waals surface area contributed by atoms with E-state index < -0.39 is 6.04 Å². The molecule has 148 valence electrons. The highest BCUT2D eigenvalue weighted by atomic mass is 32.2. The second kappa shape index (κ2) is 9.64. The SMILES string of the molecule is COc1ccc(C(=O)N[C@@H](CCSC)C(=O)Nc2ccc3c(c2)CCC3)cc1. The third-order valence-electron chi connectivity index (χ3n) is 4.95. The first kappa shape index (κ1) is 20.3. The number of hydrogen-bond acceptors (Lipinski definition) is 4. The second-order valence-electron chi connectivity index (χ2n) is 6.86. The van der Waals surface area contributed by atoms with Crippen molar-refractivity contribution in [2.45, 2.75) is 31.7 Å². The monoisotopic (exact) mass is 398 g/mol. The Bertz CT molecular complexity index is 836. The van der Waals surface area contributed by atoms with Gasteiger partial charge in [-0.15, -0.1) is 0 Å². The number of rotatable bonds is 8. The zero-order valence-electron chi connectivity index (χ0n) is 16.3. The molecule has 2 aromatic carbocycles. The Hall–Kier alpha value is -2.47. The van der Waals surface area contributed by atoms with E-state index in [-0.39, 0.29) is 11.8 Å². The summed E-state index contributed by atoms with van der Waals surface area (Å²) in [4.78, 5) is 25.4. The van der Waals surface area contributed by atoms with E-state index in [1.165, 1.54) is 17.5 Å². The van der Waals surface area contributed by atoms with Crippen molar-refractivity contribution in [1.82, 2.24) is 5.32 Å². The van der Waals surface area contributed by atoms with Crippen molar-refractivity contribution in [3.05, 3.63) is 59.2 Å². The molecule has 0 fully saturated rings. The number of ether oxygens (including phenoxy) is 1. The molecular formula is C22H26N2O3S. The van der Waals surface area contributed by atoms with Crippen LogP contribution in [-0.4, -0.2) is 37.0 Å². The van der Waals surface area contributed by atoms with Crippen LogP contribution in [0.15, 0.2) is 42.5 Å². The summed E-state index contributed by atoms with van der Waals surface area (Å²) in [6.45, 7) is 0.